The molecule has 24 heavy (non-hydrogen) atoms. The lowest BCUT2D eigenvalue weighted by Crippen LogP contribution is -2.00. The third-order valence-electron chi connectivity index (χ3n) is 3.74. The second-order valence-electron chi connectivity index (χ2n) is 5.49. The summed E-state index contributed by atoms with van der Waals surface area (Å²) < 4.78 is 0. The lowest BCUT2D eigenvalue weighted by atomic mass is 10.1. The summed E-state index contributed by atoms with van der Waals surface area (Å²) >= 11 is 5.95. The first-order valence-corrected chi connectivity index (χ1v) is 11.4. The first-order chi connectivity index (χ1) is 11.5. The molecule has 0 atom stereocenters. The number of hydrogen-bond donors (Lipinski definition) is 1. The number of halogens is 3. The molecule has 3 aromatic rings. The van der Waals surface area contributed by atoms with E-state index in [2.05, 4.69) is 16.0 Å². The average Bonchev–Trinajstić information content (AvgIpc) is 3.09. The topological polar surface area (TPSA) is 28.7 Å². The summed E-state index contributed by atoms with van der Waals surface area (Å²) in [7, 11) is 11.6. The van der Waals surface area contributed by atoms with Crippen molar-refractivity contribution in [1.29, 1.82) is 0 Å². The summed E-state index contributed by atoms with van der Waals surface area (Å²) in [5.41, 5.74) is 2.25. The molecule has 0 radical (unpaired) electrons. The number of benzene rings is 2. The molecule has 0 aliphatic rings. The van der Waals surface area contributed by atoms with Gasteiger partial charge in [-0.05, 0) is 57.1 Å². The quantitative estimate of drug-likeness (QED) is 0.502. The minimum Gasteiger partial charge on any atom is -0.349 e. The van der Waals surface area contributed by atoms with E-state index in [4.69, 9.17) is 33.0 Å². The van der Waals surface area contributed by atoms with Gasteiger partial charge < -0.3 is 4.98 Å². The van der Waals surface area contributed by atoms with Crippen LogP contribution in [0.1, 0.15) is 17.0 Å². The van der Waals surface area contributed by atoms with Gasteiger partial charge in [-0.2, -0.15) is 0 Å². The Bertz CT molecular complexity index is 786. The van der Waals surface area contributed by atoms with Crippen LogP contribution in [0.2, 0.25) is 5.02 Å². The van der Waals surface area contributed by atoms with Gasteiger partial charge in [-0.25, -0.2) is 4.98 Å². The van der Waals surface area contributed by atoms with E-state index in [9.17, 15) is 0 Å². The van der Waals surface area contributed by atoms with Crippen molar-refractivity contribution in [2.45, 2.75) is 23.5 Å². The van der Waals surface area contributed by atoms with Crippen LogP contribution in [-0.4, -0.2) is 9.97 Å². The summed E-state index contributed by atoms with van der Waals surface area (Å²) in [6, 6.07) is 15.8. The number of rotatable bonds is 6. The summed E-state index contributed by atoms with van der Waals surface area (Å²) in [6.45, 7) is 0. The highest BCUT2D eigenvalue weighted by Crippen LogP contribution is 2.68. The zero-order valence-corrected chi connectivity index (χ0v) is 16.0. The molecule has 0 saturated carbocycles. The maximum absolute atomic E-state index is 6.79. The van der Waals surface area contributed by atoms with Gasteiger partial charge in [-0.15, -0.1) is 0 Å². The molecule has 3 rings (SSSR count). The fraction of sp³-hybridized carbons (Fsp3) is 0.167. The van der Waals surface area contributed by atoms with Crippen molar-refractivity contribution in [3.63, 3.8) is 0 Å². The van der Waals surface area contributed by atoms with E-state index in [1.807, 2.05) is 48.7 Å². The van der Waals surface area contributed by atoms with Crippen molar-refractivity contribution in [3.8, 4) is 0 Å². The Morgan fingerprint density at radius 3 is 2.42 bits per heavy atom. The predicted molar refractivity (Wildman–Crippen MR) is 105 cm³/mol. The number of imidazole rings is 1. The van der Waals surface area contributed by atoms with Crippen LogP contribution in [0.15, 0.2) is 65.8 Å². The number of aromatic nitrogens is 2. The smallest absolute Gasteiger partial charge is 0.106 e. The molecule has 1 aromatic heterocycles. The predicted octanol–water partition coefficient (Wildman–Crippen LogP) is 6.52. The highest BCUT2D eigenvalue weighted by molar-refractivity contribution is 8.65. The van der Waals surface area contributed by atoms with Gasteiger partial charge >= 0.3 is 0 Å². The molecule has 0 spiro atoms. The van der Waals surface area contributed by atoms with E-state index in [0.29, 0.717) is 10.8 Å². The molecule has 0 fully saturated rings. The summed E-state index contributed by atoms with van der Waals surface area (Å²) in [5, 5.41) is 0.711. The molecule has 0 aliphatic carbocycles. The van der Waals surface area contributed by atoms with E-state index in [0.717, 1.165) is 29.1 Å². The number of H-pyrrole nitrogens is 1. The lowest BCUT2D eigenvalue weighted by molar-refractivity contribution is 0.869. The Labute approximate surface area is 157 Å². The van der Waals surface area contributed by atoms with Gasteiger partial charge in [-0.3, -0.25) is 0 Å². The van der Waals surface area contributed by atoms with E-state index >= 15 is 0 Å². The Kier molecular flexibility index (Phi) is 5.77. The minimum atomic E-state index is -1.98. The second-order valence-corrected chi connectivity index (χ2v) is 11.4. The monoisotopic (exact) mass is 398 g/mol. The first kappa shape index (κ1) is 17.7. The number of nitrogens with one attached hydrogen (secondary N) is 1. The van der Waals surface area contributed by atoms with Crippen LogP contribution in [0, 0.1) is 0 Å². The molecule has 0 bridgehead atoms. The van der Waals surface area contributed by atoms with Crippen molar-refractivity contribution >= 4 is 41.4 Å². The number of hydrogen-bond acceptors (Lipinski definition) is 1. The second kappa shape index (κ2) is 7.83. The van der Waals surface area contributed by atoms with Gasteiger partial charge in [0.1, 0.15) is 5.82 Å². The van der Waals surface area contributed by atoms with Gasteiger partial charge in [0.25, 0.3) is 0 Å². The van der Waals surface area contributed by atoms with E-state index in [-0.39, 0.29) is 0 Å². The molecule has 0 unspecified atom stereocenters. The van der Waals surface area contributed by atoms with Crippen molar-refractivity contribution in [1.82, 2.24) is 9.97 Å². The molecule has 2 aromatic carbocycles. The van der Waals surface area contributed by atoms with Crippen molar-refractivity contribution in [3.05, 3.63) is 82.9 Å². The zero-order valence-electron chi connectivity index (χ0n) is 12.9. The normalized spacial score (nSPS) is 12.3. The van der Waals surface area contributed by atoms with Crippen molar-refractivity contribution in [2.24, 2.45) is 0 Å². The van der Waals surface area contributed by atoms with Crippen LogP contribution in [0.5, 0.6) is 0 Å². The SMILES string of the molecule is Clc1ccc(CS(Cl)(Cl)c2ccccc2CCc2ncc[nH]2)cc1. The Hall–Kier alpha value is -1.13. The third-order valence-corrected chi connectivity index (χ3v) is 7.38. The van der Waals surface area contributed by atoms with E-state index < -0.39 is 8.46 Å². The van der Waals surface area contributed by atoms with Gasteiger partial charge in [0, 0.05) is 34.5 Å². The Morgan fingerprint density at radius 1 is 0.958 bits per heavy atom. The molecule has 6 heteroatoms. The summed E-state index contributed by atoms with van der Waals surface area (Å²) in [5.74, 6) is 1.57. The summed E-state index contributed by atoms with van der Waals surface area (Å²) in [4.78, 5) is 8.42. The van der Waals surface area contributed by atoms with Crippen molar-refractivity contribution < 1.29 is 0 Å². The zero-order chi connectivity index (χ0) is 17.0. The van der Waals surface area contributed by atoms with Crippen LogP contribution in [0.25, 0.3) is 0 Å². The lowest BCUT2D eigenvalue weighted by Gasteiger charge is -2.28. The minimum absolute atomic E-state index is 0.602. The molecular weight excluding hydrogens is 383 g/mol. The highest BCUT2D eigenvalue weighted by Gasteiger charge is 2.24. The van der Waals surface area contributed by atoms with E-state index in [1.165, 1.54) is 5.56 Å². The molecule has 126 valence electrons. The van der Waals surface area contributed by atoms with Gasteiger partial charge in [0.2, 0.25) is 0 Å². The van der Waals surface area contributed by atoms with Crippen LogP contribution >= 0.6 is 41.4 Å². The van der Waals surface area contributed by atoms with E-state index in [1.54, 1.807) is 6.20 Å². The molecule has 1 N–H and O–H groups in total. The van der Waals surface area contributed by atoms with Gasteiger partial charge in [0.05, 0.1) is 0 Å². The largest absolute Gasteiger partial charge is 0.349 e. The molecular formula is C18H17Cl3N2S. The standard InChI is InChI=1S/C18H17Cl3N2S/c19-16-8-5-14(6-9-16)13-24(20,21)17-4-2-1-3-15(17)7-10-18-22-11-12-23-18/h1-6,8-9,11-12H,7,10,13H2,(H,22,23). The number of nitrogens with zero attached hydrogens (tertiary/aromatic N) is 1. The van der Waals surface area contributed by atoms with Crippen LogP contribution < -0.4 is 0 Å². The average molecular weight is 400 g/mol. The van der Waals surface area contributed by atoms with Crippen molar-refractivity contribution in [2.75, 3.05) is 0 Å². The fourth-order valence-corrected chi connectivity index (χ4v) is 5.94. The van der Waals surface area contributed by atoms with Crippen LogP contribution in [-0.2, 0) is 18.6 Å². The fourth-order valence-electron chi connectivity index (χ4n) is 2.56. The molecule has 0 aliphatic heterocycles. The molecule has 0 saturated heterocycles. The summed E-state index contributed by atoms with van der Waals surface area (Å²) in [6.07, 6.45) is 5.27. The van der Waals surface area contributed by atoms with Crippen LogP contribution in [0.4, 0.5) is 0 Å². The first-order valence-electron chi connectivity index (χ1n) is 7.55. The number of aromatic amines is 1. The highest BCUT2D eigenvalue weighted by atomic mass is 36.0. The number of aryl methyl sites for hydroxylation is 2. The Morgan fingerprint density at radius 2 is 1.71 bits per heavy atom. The molecule has 0 amide bonds. The molecule has 1 heterocycles. The van der Waals surface area contributed by atoms with Gasteiger partial charge in [0.15, 0.2) is 0 Å². The third kappa shape index (κ3) is 4.48. The van der Waals surface area contributed by atoms with Gasteiger partial charge in [-0.1, -0.05) is 50.4 Å². The molecule has 2 nitrogen and oxygen atoms in total. The van der Waals surface area contributed by atoms with Crippen LogP contribution in [0.3, 0.4) is 0 Å². The maximum atomic E-state index is 6.79. The Balaban J connectivity index is 1.80. The maximum Gasteiger partial charge on any atom is 0.106 e.